The van der Waals surface area contributed by atoms with Gasteiger partial charge in [-0.25, -0.2) is 0 Å². The quantitative estimate of drug-likeness (QED) is 0.844. The highest BCUT2D eigenvalue weighted by molar-refractivity contribution is 5.52. The van der Waals surface area contributed by atoms with Gasteiger partial charge >= 0.3 is 0 Å². The Bertz CT molecular complexity index is 411. The van der Waals surface area contributed by atoms with Crippen molar-refractivity contribution in [3.8, 4) is 17.2 Å². The van der Waals surface area contributed by atoms with Crippen molar-refractivity contribution in [3.63, 3.8) is 0 Å². The average molecular weight is 237 g/mol. The van der Waals surface area contributed by atoms with E-state index >= 15 is 0 Å². The molecule has 1 heterocycles. The van der Waals surface area contributed by atoms with Crippen LogP contribution in [0.25, 0.3) is 0 Å². The Balaban J connectivity index is 2.49. The first kappa shape index (κ1) is 12.0. The lowest BCUT2D eigenvalue weighted by Crippen LogP contribution is -2.33. The van der Waals surface area contributed by atoms with Crippen LogP contribution in [0.4, 0.5) is 0 Å². The second-order valence-electron chi connectivity index (χ2n) is 4.59. The van der Waals surface area contributed by atoms with Crippen LogP contribution in [0.1, 0.15) is 25.3 Å². The molecular weight excluding hydrogens is 218 g/mol. The fourth-order valence-electron chi connectivity index (χ4n) is 2.44. The summed E-state index contributed by atoms with van der Waals surface area (Å²) in [5.41, 5.74) is 0.852. The molecule has 94 valence electrons. The van der Waals surface area contributed by atoms with Crippen LogP contribution in [-0.2, 0) is 5.54 Å². The molecule has 1 atom stereocenters. The Labute approximate surface area is 102 Å². The van der Waals surface area contributed by atoms with Gasteiger partial charge in [-0.1, -0.05) is 0 Å². The van der Waals surface area contributed by atoms with E-state index in [0.717, 1.165) is 30.7 Å². The summed E-state index contributed by atoms with van der Waals surface area (Å²) in [7, 11) is 3.16. The van der Waals surface area contributed by atoms with E-state index in [4.69, 9.17) is 9.47 Å². The maximum atomic E-state index is 9.88. The number of ether oxygens (including phenoxy) is 2. The minimum Gasteiger partial charge on any atom is -0.504 e. The third kappa shape index (κ3) is 2.05. The highest BCUT2D eigenvalue weighted by atomic mass is 16.5. The van der Waals surface area contributed by atoms with E-state index in [1.807, 2.05) is 0 Å². The van der Waals surface area contributed by atoms with Crippen LogP contribution in [0.5, 0.6) is 17.2 Å². The standard InChI is InChI=1S/C13H19NO3/c1-13(5-4-6-14-13)9-7-10(15)12(17-3)8-11(9)16-2/h7-8,14-15H,4-6H2,1-3H3. The van der Waals surface area contributed by atoms with Crippen LogP contribution < -0.4 is 14.8 Å². The Kier molecular flexibility index (Phi) is 3.15. The van der Waals surface area contributed by atoms with E-state index in [9.17, 15) is 5.11 Å². The zero-order valence-corrected chi connectivity index (χ0v) is 10.5. The molecule has 0 radical (unpaired) electrons. The second-order valence-corrected chi connectivity index (χ2v) is 4.59. The lowest BCUT2D eigenvalue weighted by molar-refractivity contribution is 0.346. The largest absolute Gasteiger partial charge is 0.504 e. The predicted molar refractivity (Wildman–Crippen MR) is 65.8 cm³/mol. The number of phenols is 1. The molecule has 1 aliphatic heterocycles. The van der Waals surface area contributed by atoms with Gasteiger partial charge in [0.2, 0.25) is 0 Å². The third-order valence-electron chi connectivity index (χ3n) is 3.46. The van der Waals surface area contributed by atoms with Gasteiger partial charge < -0.3 is 19.9 Å². The maximum Gasteiger partial charge on any atom is 0.164 e. The van der Waals surface area contributed by atoms with E-state index in [-0.39, 0.29) is 11.3 Å². The maximum absolute atomic E-state index is 9.88. The predicted octanol–water partition coefficient (Wildman–Crippen LogP) is 2.01. The molecule has 1 saturated heterocycles. The van der Waals surface area contributed by atoms with E-state index in [1.165, 1.54) is 7.11 Å². The first-order valence-electron chi connectivity index (χ1n) is 5.81. The number of methoxy groups -OCH3 is 2. The van der Waals surface area contributed by atoms with E-state index in [1.54, 1.807) is 19.2 Å². The van der Waals surface area contributed by atoms with Gasteiger partial charge in [-0.2, -0.15) is 0 Å². The Morgan fingerprint density at radius 3 is 2.47 bits per heavy atom. The number of hydrogen-bond donors (Lipinski definition) is 2. The van der Waals surface area contributed by atoms with Crippen molar-refractivity contribution in [2.75, 3.05) is 20.8 Å². The van der Waals surface area contributed by atoms with E-state index in [0.29, 0.717) is 5.75 Å². The zero-order chi connectivity index (χ0) is 12.5. The molecule has 17 heavy (non-hydrogen) atoms. The first-order chi connectivity index (χ1) is 8.10. The van der Waals surface area contributed by atoms with Gasteiger partial charge in [-0.3, -0.25) is 0 Å². The van der Waals surface area contributed by atoms with Crippen LogP contribution in [0.3, 0.4) is 0 Å². The number of hydrogen-bond acceptors (Lipinski definition) is 4. The molecule has 1 fully saturated rings. The molecule has 0 saturated carbocycles. The summed E-state index contributed by atoms with van der Waals surface area (Å²) in [6, 6.07) is 3.46. The summed E-state index contributed by atoms with van der Waals surface area (Å²) in [6.07, 6.45) is 2.17. The highest BCUT2D eigenvalue weighted by Gasteiger charge is 2.33. The third-order valence-corrected chi connectivity index (χ3v) is 3.46. The van der Waals surface area contributed by atoms with Gasteiger partial charge in [0, 0.05) is 17.2 Å². The van der Waals surface area contributed by atoms with Crippen molar-refractivity contribution >= 4 is 0 Å². The molecule has 1 aromatic rings. The van der Waals surface area contributed by atoms with Crippen molar-refractivity contribution in [3.05, 3.63) is 17.7 Å². The van der Waals surface area contributed by atoms with Crippen molar-refractivity contribution in [1.29, 1.82) is 0 Å². The van der Waals surface area contributed by atoms with Crippen molar-refractivity contribution in [2.24, 2.45) is 0 Å². The summed E-state index contributed by atoms with van der Waals surface area (Å²) in [5, 5.41) is 13.3. The normalized spacial score (nSPS) is 23.7. The van der Waals surface area contributed by atoms with Crippen LogP contribution in [0, 0.1) is 0 Å². The first-order valence-corrected chi connectivity index (χ1v) is 5.81. The number of rotatable bonds is 3. The van der Waals surface area contributed by atoms with Gasteiger partial charge in [0.05, 0.1) is 14.2 Å². The van der Waals surface area contributed by atoms with Crippen molar-refractivity contribution in [1.82, 2.24) is 5.32 Å². The highest BCUT2D eigenvalue weighted by Crippen LogP contribution is 2.42. The lowest BCUT2D eigenvalue weighted by Gasteiger charge is -2.27. The van der Waals surface area contributed by atoms with Crippen molar-refractivity contribution in [2.45, 2.75) is 25.3 Å². The molecule has 0 amide bonds. The summed E-state index contributed by atoms with van der Waals surface area (Å²) >= 11 is 0. The molecule has 4 nitrogen and oxygen atoms in total. The fraction of sp³-hybridized carbons (Fsp3) is 0.538. The zero-order valence-electron chi connectivity index (χ0n) is 10.5. The van der Waals surface area contributed by atoms with Crippen LogP contribution in [0.2, 0.25) is 0 Å². The van der Waals surface area contributed by atoms with E-state index < -0.39 is 0 Å². The monoisotopic (exact) mass is 237 g/mol. The van der Waals surface area contributed by atoms with E-state index in [2.05, 4.69) is 12.2 Å². The molecule has 0 spiro atoms. The number of nitrogens with one attached hydrogen (secondary N) is 1. The van der Waals surface area contributed by atoms with Crippen LogP contribution >= 0.6 is 0 Å². The number of benzene rings is 1. The fourth-order valence-corrected chi connectivity index (χ4v) is 2.44. The molecule has 0 aliphatic carbocycles. The van der Waals surface area contributed by atoms with Gasteiger partial charge in [0.25, 0.3) is 0 Å². The summed E-state index contributed by atoms with van der Waals surface area (Å²) in [6.45, 7) is 3.12. The Hall–Kier alpha value is -1.42. The van der Waals surface area contributed by atoms with Gasteiger partial charge in [-0.15, -0.1) is 0 Å². The summed E-state index contributed by atoms with van der Waals surface area (Å²) in [5.74, 6) is 1.34. The van der Waals surface area contributed by atoms with Crippen LogP contribution in [-0.4, -0.2) is 25.9 Å². The Morgan fingerprint density at radius 2 is 1.94 bits per heavy atom. The molecule has 2 rings (SSSR count). The molecule has 1 unspecified atom stereocenters. The lowest BCUT2D eigenvalue weighted by atomic mass is 9.89. The smallest absolute Gasteiger partial charge is 0.164 e. The summed E-state index contributed by atoms with van der Waals surface area (Å²) in [4.78, 5) is 0. The molecule has 1 aromatic carbocycles. The molecule has 4 heteroatoms. The number of aromatic hydroxyl groups is 1. The second kappa shape index (κ2) is 4.45. The Morgan fingerprint density at radius 1 is 1.24 bits per heavy atom. The molecular formula is C13H19NO3. The van der Waals surface area contributed by atoms with Gasteiger partial charge in [0.1, 0.15) is 5.75 Å². The minimum absolute atomic E-state index is 0.130. The molecule has 2 N–H and O–H groups in total. The van der Waals surface area contributed by atoms with Crippen molar-refractivity contribution < 1.29 is 14.6 Å². The minimum atomic E-state index is -0.130. The molecule has 0 bridgehead atoms. The SMILES string of the molecule is COc1cc(OC)c(C2(C)CCCN2)cc1O. The van der Waals surface area contributed by atoms with Gasteiger partial charge in [0.15, 0.2) is 11.5 Å². The average Bonchev–Trinajstić information content (AvgIpc) is 2.77. The van der Waals surface area contributed by atoms with Crippen LogP contribution in [0.15, 0.2) is 12.1 Å². The number of phenolic OH excluding ortho intramolecular Hbond substituents is 1. The topological polar surface area (TPSA) is 50.7 Å². The van der Waals surface area contributed by atoms with Gasteiger partial charge in [-0.05, 0) is 32.4 Å². The summed E-state index contributed by atoms with van der Waals surface area (Å²) < 4.78 is 10.5. The molecule has 0 aromatic heterocycles. The molecule has 1 aliphatic rings.